The van der Waals surface area contributed by atoms with Gasteiger partial charge in [-0.1, -0.05) is 24.9 Å². The first-order valence-corrected chi connectivity index (χ1v) is 7.24. The molecule has 3 N–H and O–H groups in total. The third-order valence-electron chi connectivity index (χ3n) is 3.22. The van der Waals surface area contributed by atoms with Crippen molar-refractivity contribution in [2.75, 3.05) is 6.54 Å². The van der Waals surface area contributed by atoms with Gasteiger partial charge >= 0.3 is 12.0 Å². The van der Waals surface area contributed by atoms with Crippen molar-refractivity contribution in [1.29, 1.82) is 0 Å². The summed E-state index contributed by atoms with van der Waals surface area (Å²) in [5, 5.41) is 17.8. The number of carboxylic acid groups (broad SMARTS) is 1. The van der Waals surface area contributed by atoms with Gasteiger partial charge in [-0.2, -0.15) is 0 Å². The maximum absolute atomic E-state index is 11.6. The molecule has 0 saturated carbocycles. The normalized spacial score (nSPS) is 11.9. The number of carbonyl (C=O) groups excluding carboxylic acids is 1. The number of carbonyl (C=O) groups is 2. The minimum atomic E-state index is -0.769. The highest BCUT2D eigenvalue weighted by molar-refractivity contribution is 5.73. The molecule has 1 unspecified atom stereocenters. The van der Waals surface area contributed by atoms with Gasteiger partial charge in [0.25, 0.3) is 0 Å². The fourth-order valence-corrected chi connectivity index (χ4v) is 2.12. The van der Waals surface area contributed by atoms with Crippen molar-refractivity contribution in [2.24, 2.45) is 5.92 Å². The van der Waals surface area contributed by atoms with E-state index >= 15 is 0 Å². The Balaban J connectivity index is 2.16. The molecule has 0 spiro atoms. The van der Waals surface area contributed by atoms with Crippen LogP contribution in [0.5, 0.6) is 0 Å². The van der Waals surface area contributed by atoms with Crippen molar-refractivity contribution in [2.45, 2.75) is 45.6 Å². The quantitative estimate of drug-likeness (QED) is 0.613. The van der Waals surface area contributed by atoms with Crippen LogP contribution >= 0.6 is 0 Å². The van der Waals surface area contributed by atoms with Crippen molar-refractivity contribution in [3.05, 3.63) is 18.0 Å². The van der Waals surface area contributed by atoms with Crippen LogP contribution in [0.3, 0.4) is 0 Å². The molecule has 0 aromatic carbocycles. The van der Waals surface area contributed by atoms with E-state index in [1.54, 1.807) is 6.07 Å². The predicted octanol–water partition coefficient (Wildman–Crippen LogP) is 2.15. The number of nitrogens with one attached hydrogen (secondary N) is 2. The molecule has 2 amide bonds. The van der Waals surface area contributed by atoms with Crippen LogP contribution in [0.1, 0.15) is 44.7 Å². The van der Waals surface area contributed by atoms with Gasteiger partial charge in [-0.3, -0.25) is 4.79 Å². The summed E-state index contributed by atoms with van der Waals surface area (Å²) in [5.41, 5.74) is 0.662. The topological polar surface area (TPSA) is 104 Å². The summed E-state index contributed by atoms with van der Waals surface area (Å²) in [6, 6.07) is 1.43. The van der Waals surface area contributed by atoms with Gasteiger partial charge in [0.05, 0.1) is 6.54 Å². The zero-order valence-corrected chi connectivity index (χ0v) is 12.3. The molecular weight excluding hydrogens is 274 g/mol. The Morgan fingerprint density at radius 2 is 2.14 bits per heavy atom. The molecule has 1 atom stereocenters. The van der Waals surface area contributed by atoms with Crippen LogP contribution in [-0.4, -0.2) is 28.8 Å². The van der Waals surface area contributed by atoms with Gasteiger partial charge < -0.3 is 20.3 Å². The SMILES string of the molecule is CCCC(CCNC(=O)NCc1ccon1)CCC(=O)O. The highest BCUT2D eigenvalue weighted by Gasteiger charge is 2.11. The Kier molecular flexibility index (Phi) is 7.93. The largest absolute Gasteiger partial charge is 0.481 e. The smallest absolute Gasteiger partial charge is 0.315 e. The molecule has 0 aliphatic carbocycles. The zero-order valence-electron chi connectivity index (χ0n) is 12.3. The van der Waals surface area contributed by atoms with Crippen LogP contribution in [0, 0.1) is 5.92 Å². The van der Waals surface area contributed by atoms with E-state index < -0.39 is 5.97 Å². The average molecular weight is 297 g/mol. The van der Waals surface area contributed by atoms with E-state index in [-0.39, 0.29) is 12.5 Å². The van der Waals surface area contributed by atoms with Gasteiger partial charge in [0.15, 0.2) is 0 Å². The van der Waals surface area contributed by atoms with E-state index in [9.17, 15) is 9.59 Å². The molecule has 0 bridgehead atoms. The predicted molar refractivity (Wildman–Crippen MR) is 76.6 cm³/mol. The summed E-state index contributed by atoms with van der Waals surface area (Å²) in [4.78, 5) is 22.2. The zero-order chi connectivity index (χ0) is 15.5. The second-order valence-corrected chi connectivity index (χ2v) is 4.98. The number of aliphatic carboxylic acids is 1. The first kappa shape index (κ1) is 17.0. The average Bonchev–Trinajstić information content (AvgIpc) is 2.95. The molecule has 1 aromatic rings. The van der Waals surface area contributed by atoms with E-state index in [1.807, 2.05) is 0 Å². The molecule has 0 aliphatic heterocycles. The van der Waals surface area contributed by atoms with E-state index in [0.29, 0.717) is 31.1 Å². The number of nitrogens with zero attached hydrogens (tertiary/aromatic N) is 1. The maximum Gasteiger partial charge on any atom is 0.315 e. The Hall–Kier alpha value is -2.05. The first-order chi connectivity index (χ1) is 10.1. The fourth-order valence-electron chi connectivity index (χ4n) is 2.12. The minimum Gasteiger partial charge on any atom is -0.481 e. The summed E-state index contributed by atoms with van der Waals surface area (Å²) in [6.07, 6.45) is 5.08. The van der Waals surface area contributed by atoms with Crippen molar-refractivity contribution in [3.8, 4) is 0 Å². The molecule has 21 heavy (non-hydrogen) atoms. The molecule has 0 aliphatic rings. The third kappa shape index (κ3) is 7.96. The second kappa shape index (κ2) is 9.79. The number of hydrogen-bond acceptors (Lipinski definition) is 4. The lowest BCUT2D eigenvalue weighted by Crippen LogP contribution is -2.36. The highest BCUT2D eigenvalue weighted by atomic mass is 16.5. The molecule has 0 radical (unpaired) electrons. The number of aromatic nitrogens is 1. The van der Waals surface area contributed by atoms with Gasteiger partial charge in [-0.05, 0) is 18.8 Å². The third-order valence-corrected chi connectivity index (χ3v) is 3.22. The first-order valence-electron chi connectivity index (χ1n) is 7.24. The van der Waals surface area contributed by atoms with E-state index in [1.165, 1.54) is 6.26 Å². The molecule has 1 heterocycles. The Morgan fingerprint density at radius 3 is 2.76 bits per heavy atom. The molecular formula is C14H23N3O4. The molecule has 1 rings (SSSR count). The number of carboxylic acids is 1. The molecule has 7 heteroatoms. The van der Waals surface area contributed by atoms with E-state index in [2.05, 4.69) is 27.2 Å². The number of amides is 2. The lowest BCUT2D eigenvalue weighted by Gasteiger charge is -2.15. The summed E-state index contributed by atoms with van der Waals surface area (Å²) >= 11 is 0. The van der Waals surface area contributed by atoms with Gasteiger partial charge in [0.1, 0.15) is 12.0 Å². The van der Waals surface area contributed by atoms with Crippen LogP contribution in [0.25, 0.3) is 0 Å². The van der Waals surface area contributed by atoms with Crippen molar-refractivity contribution >= 4 is 12.0 Å². The minimum absolute atomic E-state index is 0.184. The molecule has 1 aromatic heterocycles. The molecule has 118 valence electrons. The van der Waals surface area contributed by atoms with Crippen molar-refractivity contribution < 1.29 is 19.2 Å². The Labute approximate surface area is 124 Å². The lowest BCUT2D eigenvalue weighted by atomic mass is 9.94. The summed E-state index contributed by atoms with van der Waals surface area (Å²) in [5.74, 6) is -0.434. The summed E-state index contributed by atoms with van der Waals surface area (Å²) in [6.45, 7) is 2.93. The summed E-state index contributed by atoms with van der Waals surface area (Å²) < 4.78 is 4.66. The summed E-state index contributed by atoms with van der Waals surface area (Å²) in [7, 11) is 0. The standard InChI is InChI=1S/C14H23N3O4/c1-2-3-11(4-5-13(18)19)6-8-15-14(20)16-10-12-7-9-21-17-12/h7,9,11H,2-6,8,10H2,1H3,(H,18,19)(H2,15,16,20). The molecule has 7 nitrogen and oxygen atoms in total. The van der Waals surface area contributed by atoms with Gasteiger partial charge in [-0.15, -0.1) is 0 Å². The van der Waals surface area contributed by atoms with Crippen LogP contribution in [0.4, 0.5) is 4.79 Å². The van der Waals surface area contributed by atoms with Crippen LogP contribution < -0.4 is 10.6 Å². The maximum atomic E-state index is 11.6. The van der Waals surface area contributed by atoms with Crippen molar-refractivity contribution in [3.63, 3.8) is 0 Å². The molecule has 0 fully saturated rings. The number of hydrogen-bond donors (Lipinski definition) is 3. The van der Waals surface area contributed by atoms with E-state index in [0.717, 1.165) is 19.3 Å². The second-order valence-electron chi connectivity index (χ2n) is 4.98. The van der Waals surface area contributed by atoms with Crippen LogP contribution in [-0.2, 0) is 11.3 Å². The van der Waals surface area contributed by atoms with Gasteiger partial charge in [0.2, 0.25) is 0 Å². The Morgan fingerprint density at radius 1 is 1.33 bits per heavy atom. The Bertz CT molecular complexity index is 420. The van der Waals surface area contributed by atoms with Crippen molar-refractivity contribution in [1.82, 2.24) is 15.8 Å². The monoisotopic (exact) mass is 297 g/mol. The number of urea groups is 1. The lowest BCUT2D eigenvalue weighted by molar-refractivity contribution is -0.137. The highest BCUT2D eigenvalue weighted by Crippen LogP contribution is 2.17. The number of rotatable bonds is 10. The van der Waals surface area contributed by atoms with E-state index in [4.69, 9.17) is 5.11 Å². The fraction of sp³-hybridized carbons (Fsp3) is 0.643. The molecule has 0 saturated heterocycles. The van der Waals surface area contributed by atoms with Crippen LogP contribution in [0.15, 0.2) is 16.9 Å². The van der Waals surface area contributed by atoms with Crippen LogP contribution in [0.2, 0.25) is 0 Å². The van der Waals surface area contributed by atoms with Gasteiger partial charge in [0, 0.05) is 19.0 Å². The van der Waals surface area contributed by atoms with Gasteiger partial charge in [-0.25, -0.2) is 4.79 Å².